The standard InChI is InChI=1S/C17H21N5O.2ClH/c1-21-8-9-22(15-5-3-2-4-12(15)11-21)17(23)16-13-10-18-7-6-14(13)19-20-16;;/h2-5,18H,6-11H2,1H3,(H,19,20);2*1H. The molecule has 0 atom stereocenters. The lowest BCUT2D eigenvalue weighted by molar-refractivity contribution is 0.0980. The first-order chi connectivity index (χ1) is 11.2. The molecule has 0 radical (unpaired) electrons. The molecule has 3 heterocycles. The second-order valence-electron chi connectivity index (χ2n) is 6.28. The van der Waals surface area contributed by atoms with E-state index in [-0.39, 0.29) is 30.7 Å². The molecule has 25 heavy (non-hydrogen) atoms. The van der Waals surface area contributed by atoms with Gasteiger partial charge in [-0.15, -0.1) is 24.8 Å². The molecule has 8 heteroatoms. The number of carbonyl (C=O) groups is 1. The van der Waals surface area contributed by atoms with Crippen LogP contribution in [0.5, 0.6) is 0 Å². The van der Waals surface area contributed by atoms with Gasteiger partial charge < -0.3 is 15.1 Å². The summed E-state index contributed by atoms with van der Waals surface area (Å²) in [7, 11) is 2.09. The topological polar surface area (TPSA) is 64.3 Å². The number of anilines is 1. The smallest absolute Gasteiger partial charge is 0.279 e. The van der Waals surface area contributed by atoms with Gasteiger partial charge in [0.15, 0.2) is 5.69 Å². The van der Waals surface area contributed by atoms with E-state index in [0.717, 1.165) is 43.0 Å². The molecule has 2 aliphatic rings. The number of aromatic nitrogens is 2. The largest absolute Gasteiger partial charge is 0.312 e. The zero-order valence-electron chi connectivity index (χ0n) is 14.1. The number of hydrogen-bond acceptors (Lipinski definition) is 4. The molecule has 0 aliphatic carbocycles. The van der Waals surface area contributed by atoms with Gasteiger partial charge in [0.1, 0.15) is 0 Å². The number of H-pyrrole nitrogens is 1. The third-order valence-electron chi connectivity index (χ3n) is 4.68. The number of halogens is 2. The van der Waals surface area contributed by atoms with Crippen LogP contribution in [0.1, 0.15) is 27.3 Å². The van der Waals surface area contributed by atoms with Gasteiger partial charge in [-0.05, 0) is 18.7 Å². The maximum Gasteiger partial charge on any atom is 0.279 e. The van der Waals surface area contributed by atoms with Crippen molar-refractivity contribution in [1.29, 1.82) is 0 Å². The summed E-state index contributed by atoms with van der Waals surface area (Å²) in [5.41, 5.74) is 4.86. The Morgan fingerprint density at radius 3 is 2.84 bits per heavy atom. The predicted octanol–water partition coefficient (Wildman–Crippen LogP) is 1.99. The Morgan fingerprint density at radius 1 is 1.20 bits per heavy atom. The number of hydrogen-bond donors (Lipinski definition) is 2. The van der Waals surface area contributed by atoms with E-state index < -0.39 is 0 Å². The normalized spacial score (nSPS) is 16.8. The minimum absolute atomic E-state index is 0. The highest BCUT2D eigenvalue weighted by Crippen LogP contribution is 2.27. The Labute approximate surface area is 159 Å². The van der Waals surface area contributed by atoms with Crippen LogP contribution in [0.15, 0.2) is 24.3 Å². The number of nitrogens with one attached hydrogen (secondary N) is 2. The molecular formula is C17H23Cl2N5O. The van der Waals surface area contributed by atoms with Gasteiger partial charge in [0.05, 0.1) is 0 Å². The van der Waals surface area contributed by atoms with Crippen molar-refractivity contribution in [1.82, 2.24) is 20.4 Å². The number of fused-ring (bicyclic) bond motifs is 2. The number of aromatic amines is 1. The molecule has 2 aliphatic heterocycles. The lowest BCUT2D eigenvalue weighted by atomic mass is 10.1. The summed E-state index contributed by atoms with van der Waals surface area (Å²) in [4.78, 5) is 17.3. The Hall–Kier alpha value is -1.60. The number of amides is 1. The fourth-order valence-corrected chi connectivity index (χ4v) is 3.41. The van der Waals surface area contributed by atoms with Crippen LogP contribution in [0.4, 0.5) is 5.69 Å². The summed E-state index contributed by atoms with van der Waals surface area (Å²) >= 11 is 0. The van der Waals surface area contributed by atoms with Crippen molar-refractivity contribution in [3.8, 4) is 0 Å². The lowest BCUT2D eigenvalue weighted by Gasteiger charge is -2.23. The van der Waals surface area contributed by atoms with Crippen molar-refractivity contribution in [3.63, 3.8) is 0 Å². The van der Waals surface area contributed by atoms with E-state index in [1.54, 1.807) is 0 Å². The third kappa shape index (κ3) is 3.67. The van der Waals surface area contributed by atoms with Crippen LogP contribution < -0.4 is 10.2 Å². The quantitative estimate of drug-likeness (QED) is 0.790. The van der Waals surface area contributed by atoms with E-state index in [9.17, 15) is 4.79 Å². The molecule has 0 unspecified atom stereocenters. The molecule has 4 rings (SSSR count). The fourth-order valence-electron chi connectivity index (χ4n) is 3.41. The second-order valence-corrected chi connectivity index (χ2v) is 6.28. The van der Waals surface area contributed by atoms with Crippen molar-refractivity contribution in [2.24, 2.45) is 0 Å². The summed E-state index contributed by atoms with van der Waals surface area (Å²) in [5, 5.41) is 10.7. The number of para-hydroxylation sites is 1. The maximum atomic E-state index is 13.2. The summed E-state index contributed by atoms with van der Waals surface area (Å²) in [6.45, 7) is 4.04. The number of carbonyl (C=O) groups excluding carboxylic acids is 1. The van der Waals surface area contributed by atoms with Gasteiger partial charge in [0.2, 0.25) is 0 Å². The monoisotopic (exact) mass is 383 g/mol. The van der Waals surface area contributed by atoms with Gasteiger partial charge in [0.25, 0.3) is 5.91 Å². The van der Waals surface area contributed by atoms with E-state index in [1.807, 2.05) is 23.1 Å². The molecule has 0 spiro atoms. The van der Waals surface area contributed by atoms with Crippen LogP contribution in [-0.4, -0.2) is 47.7 Å². The van der Waals surface area contributed by atoms with Crippen molar-refractivity contribution < 1.29 is 4.79 Å². The molecule has 0 fully saturated rings. The van der Waals surface area contributed by atoms with E-state index >= 15 is 0 Å². The summed E-state index contributed by atoms with van der Waals surface area (Å²) < 4.78 is 0. The van der Waals surface area contributed by atoms with Crippen LogP contribution in [0, 0.1) is 0 Å². The van der Waals surface area contributed by atoms with Gasteiger partial charge in [-0.2, -0.15) is 5.10 Å². The highest BCUT2D eigenvalue weighted by atomic mass is 35.5. The second kappa shape index (κ2) is 8.19. The Kier molecular flexibility index (Phi) is 6.46. The molecule has 136 valence electrons. The van der Waals surface area contributed by atoms with Crippen molar-refractivity contribution in [3.05, 3.63) is 46.8 Å². The lowest BCUT2D eigenvalue weighted by Crippen LogP contribution is -2.36. The summed E-state index contributed by atoms with van der Waals surface area (Å²) in [6, 6.07) is 8.15. The van der Waals surface area contributed by atoms with Crippen LogP contribution in [0.3, 0.4) is 0 Å². The molecule has 1 aromatic carbocycles. The molecule has 0 bridgehead atoms. The minimum atomic E-state index is -0.00560. The molecule has 2 aromatic rings. The van der Waals surface area contributed by atoms with E-state index in [1.165, 1.54) is 5.56 Å². The SMILES string of the molecule is CN1CCN(C(=O)c2n[nH]c3c2CNCC3)c2ccccc2C1.Cl.Cl. The summed E-state index contributed by atoms with van der Waals surface area (Å²) in [5.74, 6) is -0.00560. The minimum Gasteiger partial charge on any atom is -0.312 e. The van der Waals surface area contributed by atoms with Gasteiger partial charge >= 0.3 is 0 Å². The first kappa shape index (κ1) is 19.7. The molecule has 6 nitrogen and oxygen atoms in total. The van der Waals surface area contributed by atoms with Crippen LogP contribution in [-0.2, 0) is 19.5 Å². The number of rotatable bonds is 1. The highest BCUT2D eigenvalue weighted by Gasteiger charge is 2.29. The Morgan fingerprint density at radius 2 is 2.00 bits per heavy atom. The Bertz CT molecular complexity index is 748. The third-order valence-corrected chi connectivity index (χ3v) is 4.68. The molecule has 0 saturated heterocycles. The fraction of sp³-hybridized carbons (Fsp3) is 0.412. The van der Waals surface area contributed by atoms with Crippen LogP contribution in [0.25, 0.3) is 0 Å². The molecular weight excluding hydrogens is 361 g/mol. The van der Waals surface area contributed by atoms with Crippen LogP contribution >= 0.6 is 24.8 Å². The van der Waals surface area contributed by atoms with E-state index in [0.29, 0.717) is 18.8 Å². The van der Waals surface area contributed by atoms with Crippen molar-refractivity contribution in [2.45, 2.75) is 19.5 Å². The first-order valence-electron chi connectivity index (χ1n) is 8.09. The zero-order valence-corrected chi connectivity index (χ0v) is 15.8. The number of likely N-dealkylation sites (N-methyl/N-ethyl adjacent to an activating group) is 1. The average molecular weight is 384 g/mol. The average Bonchev–Trinajstić information content (AvgIpc) is 2.92. The van der Waals surface area contributed by atoms with Crippen molar-refractivity contribution >= 4 is 36.4 Å². The number of nitrogens with zero attached hydrogens (tertiary/aromatic N) is 3. The predicted molar refractivity (Wildman–Crippen MR) is 103 cm³/mol. The Balaban J connectivity index is 0.00000113. The van der Waals surface area contributed by atoms with Crippen molar-refractivity contribution in [2.75, 3.05) is 31.6 Å². The first-order valence-corrected chi connectivity index (χ1v) is 8.09. The molecule has 1 amide bonds. The van der Waals surface area contributed by atoms with Gasteiger partial charge in [0, 0.05) is 56.1 Å². The highest BCUT2D eigenvalue weighted by molar-refractivity contribution is 6.06. The van der Waals surface area contributed by atoms with Gasteiger partial charge in [-0.25, -0.2) is 0 Å². The molecule has 1 aromatic heterocycles. The zero-order chi connectivity index (χ0) is 15.8. The van der Waals surface area contributed by atoms with Gasteiger partial charge in [-0.1, -0.05) is 18.2 Å². The van der Waals surface area contributed by atoms with E-state index in [4.69, 9.17) is 0 Å². The maximum absolute atomic E-state index is 13.2. The van der Waals surface area contributed by atoms with E-state index in [2.05, 4.69) is 33.5 Å². The summed E-state index contributed by atoms with van der Waals surface area (Å²) in [6.07, 6.45) is 0.898. The van der Waals surface area contributed by atoms with Crippen LogP contribution in [0.2, 0.25) is 0 Å². The molecule has 0 saturated carbocycles. The molecule has 2 N–H and O–H groups in total. The van der Waals surface area contributed by atoms with Gasteiger partial charge in [-0.3, -0.25) is 9.89 Å². The number of benzene rings is 1.